The molecule has 32 heavy (non-hydrogen) atoms. The van der Waals surface area contributed by atoms with Crippen LogP contribution >= 0.6 is 0 Å². The van der Waals surface area contributed by atoms with E-state index in [9.17, 15) is 9.59 Å². The largest absolute Gasteiger partial charge is 0.459 e. The van der Waals surface area contributed by atoms with Gasteiger partial charge in [-0.15, -0.1) is 0 Å². The normalized spacial score (nSPS) is 18.2. The maximum atomic E-state index is 13.1. The molecule has 2 aliphatic rings. The first-order valence-electron chi connectivity index (χ1n) is 11.3. The Hall–Kier alpha value is -3.12. The van der Waals surface area contributed by atoms with Crippen LogP contribution in [0.25, 0.3) is 11.0 Å². The van der Waals surface area contributed by atoms with E-state index in [-0.39, 0.29) is 17.7 Å². The zero-order valence-corrected chi connectivity index (χ0v) is 18.5. The molecule has 0 spiro atoms. The molecule has 2 heterocycles. The Labute approximate surface area is 186 Å². The summed E-state index contributed by atoms with van der Waals surface area (Å²) < 4.78 is 17.5. The van der Waals surface area contributed by atoms with E-state index in [4.69, 9.17) is 13.9 Å². The van der Waals surface area contributed by atoms with Crippen LogP contribution in [-0.2, 0) is 35.3 Å². The number of carbonyl (C=O) groups is 1. The molecule has 2 atom stereocenters. The van der Waals surface area contributed by atoms with Crippen molar-refractivity contribution in [3.8, 4) is 5.75 Å². The van der Waals surface area contributed by atoms with Crippen molar-refractivity contribution in [1.29, 1.82) is 0 Å². The fourth-order valence-corrected chi connectivity index (χ4v) is 4.92. The van der Waals surface area contributed by atoms with Gasteiger partial charge < -0.3 is 13.9 Å². The summed E-state index contributed by atoms with van der Waals surface area (Å²) in [7, 11) is 0. The second-order valence-corrected chi connectivity index (χ2v) is 8.97. The Morgan fingerprint density at radius 3 is 2.62 bits per heavy atom. The van der Waals surface area contributed by atoms with Gasteiger partial charge in [0.2, 0.25) is 6.73 Å². The fourth-order valence-electron chi connectivity index (χ4n) is 4.92. The van der Waals surface area contributed by atoms with E-state index < -0.39 is 6.04 Å². The van der Waals surface area contributed by atoms with Crippen LogP contribution in [0.1, 0.15) is 42.5 Å². The third kappa shape index (κ3) is 3.79. The van der Waals surface area contributed by atoms with E-state index in [0.29, 0.717) is 25.3 Å². The van der Waals surface area contributed by atoms with Crippen LogP contribution in [0.5, 0.6) is 5.75 Å². The Bertz CT molecular complexity index is 1210. The standard InChI is InChI=1S/C26H27NO5/c1-16(2)31-26(29)22(13-17-7-4-3-5-8-17)27-14-21-23(30-15-27)12-11-19-18-9-6-10-20(18)25(28)32-24(19)21/h3-5,7-8,11-12,16,22H,6,9-10,13-15H2,1-2H3/p+1. The highest BCUT2D eigenvalue weighted by Crippen LogP contribution is 2.34. The molecule has 0 saturated carbocycles. The van der Waals surface area contributed by atoms with Gasteiger partial charge in [0.25, 0.3) is 0 Å². The summed E-state index contributed by atoms with van der Waals surface area (Å²) in [4.78, 5) is 26.6. The number of fused-ring (bicyclic) bond motifs is 5. The molecule has 2 unspecified atom stereocenters. The highest BCUT2D eigenvalue weighted by molar-refractivity contribution is 5.86. The van der Waals surface area contributed by atoms with E-state index in [0.717, 1.165) is 57.6 Å². The lowest BCUT2D eigenvalue weighted by atomic mass is 10.00. The van der Waals surface area contributed by atoms with Crippen molar-refractivity contribution in [2.45, 2.75) is 58.2 Å². The third-order valence-corrected chi connectivity index (χ3v) is 6.43. The maximum Gasteiger partial charge on any atom is 0.365 e. The van der Waals surface area contributed by atoms with Gasteiger partial charge in [-0.1, -0.05) is 30.3 Å². The van der Waals surface area contributed by atoms with E-state index >= 15 is 0 Å². The Morgan fingerprint density at radius 2 is 1.84 bits per heavy atom. The molecule has 0 bridgehead atoms. The molecule has 1 aromatic heterocycles. The van der Waals surface area contributed by atoms with Crippen molar-refractivity contribution in [2.24, 2.45) is 0 Å². The first-order chi connectivity index (χ1) is 15.5. The molecule has 0 amide bonds. The number of rotatable bonds is 5. The number of aryl methyl sites for hydroxylation is 1. The topological polar surface area (TPSA) is 70.2 Å². The Morgan fingerprint density at radius 1 is 1.06 bits per heavy atom. The molecule has 166 valence electrons. The number of quaternary nitrogens is 1. The SMILES string of the molecule is CC(C)OC(=O)C(Cc1ccccc1)[NH+]1COc2ccc3c4c(c(=O)oc3c2C1)CCC4. The Kier molecular flexibility index (Phi) is 5.47. The summed E-state index contributed by atoms with van der Waals surface area (Å²) >= 11 is 0. The Balaban J connectivity index is 1.52. The van der Waals surface area contributed by atoms with Gasteiger partial charge in [-0.3, -0.25) is 4.90 Å². The molecular formula is C26H28NO5+. The monoisotopic (exact) mass is 434 g/mol. The first kappa shape index (κ1) is 20.8. The second-order valence-electron chi connectivity index (χ2n) is 8.97. The second kappa shape index (κ2) is 8.43. The molecule has 2 aromatic carbocycles. The summed E-state index contributed by atoms with van der Waals surface area (Å²) in [5, 5.41) is 0.991. The minimum Gasteiger partial charge on any atom is -0.459 e. The zero-order chi connectivity index (χ0) is 22.2. The molecule has 5 rings (SSSR count). The highest BCUT2D eigenvalue weighted by Gasteiger charge is 2.37. The van der Waals surface area contributed by atoms with Crippen LogP contribution in [0, 0.1) is 0 Å². The summed E-state index contributed by atoms with van der Waals surface area (Å²) in [5.41, 5.74) is 4.18. The fraction of sp³-hybridized carbons (Fsp3) is 0.385. The van der Waals surface area contributed by atoms with Crippen molar-refractivity contribution in [3.63, 3.8) is 0 Å². The maximum absolute atomic E-state index is 13.1. The number of hydrogen-bond acceptors (Lipinski definition) is 5. The number of carbonyl (C=O) groups excluding carboxylic acids is 1. The van der Waals surface area contributed by atoms with Gasteiger partial charge in [0, 0.05) is 17.4 Å². The van der Waals surface area contributed by atoms with Crippen LogP contribution in [-0.4, -0.2) is 24.8 Å². The lowest BCUT2D eigenvalue weighted by Crippen LogP contribution is -3.17. The minimum atomic E-state index is -0.427. The summed E-state index contributed by atoms with van der Waals surface area (Å²) in [6.45, 7) is 4.59. The van der Waals surface area contributed by atoms with Gasteiger partial charge in [0.1, 0.15) is 12.3 Å². The lowest BCUT2D eigenvalue weighted by Gasteiger charge is -2.32. The van der Waals surface area contributed by atoms with Gasteiger partial charge in [0.05, 0.1) is 11.7 Å². The molecule has 0 radical (unpaired) electrons. The minimum absolute atomic E-state index is 0.195. The number of esters is 1. The zero-order valence-electron chi connectivity index (χ0n) is 18.5. The number of ether oxygens (including phenoxy) is 2. The van der Waals surface area contributed by atoms with E-state index in [1.165, 1.54) is 0 Å². The van der Waals surface area contributed by atoms with Crippen LogP contribution in [0.4, 0.5) is 0 Å². The van der Waals surface area contributed by atoms with Crippen LogP contribution < -0.4 is 15.3 Å². The summed E-state index contributed by atoms with van der Waals surface area (Å²) in [6, 6.07) is 13.5. The van der Waals surface area contributed by atoms with Gasteiger partial charge in [0.15, 0.2) is 11.6 Å². The van der Waals surface area contributed by atoms with E-state index in [1.54, 1.807) is 0 Å². The molecule has 1 N–H and O–H groups in total. The van der Waals surface area contributed by atoms with Crippen molar-refractivity contribution in [3.05, 3.63) is 75.1 Å². The average molecular weight is 435 g/mol. The van der Waals surface area contributed by atoms with Gasteiger partial charge in [-0.25, -0.2) is 9.59 Å². The molecule has 0 saturated heterocycles. The quantitative estimate of drug-likeness (QED) is 0.494. The average Bonchev–Trinajstić information content (AvgIpc) is 3.28. The number of hydrogen-bond donors (Lipinski definition) is 1. The van der Waals surface area contributed by atoms with Crippen molar-refractivity contribution in [1.82, 2.24) is 0 Å². The molecule has 1 aliphatic carbocycles. The molecule has 6 nitrogen and oxygen atoms in total. The van der Waals surface area contributed by atoms with Crippen LogP contribution in [0.2, 0.25) is 0 Å². The predicted molar refractivity (Wildman–Crippen MR) is 120 cm³/mol. The molecule has 6 heteroatoms. The summed E-state index contributed by atoms with van der Waals surface area (Å²) in [5.74, 6) is 0.478. The number of nitrogens with one attached hydrogen (secondary N) is 1. The molecule has 1 aliphatic heterocycles. The van der Waals surface area contributed by atoms with E-state index in [1.807, 2.05) is 56.3 Å². The van der Waals surface area contributed by atoms with Crippen LogP contribution in [0.15, 0.2) is 51.7 Å². The molecular weight excluding hydrogens is 406 g/mol. The third-order valence-electron chi connectivity index (χ3n) is 6.43. The molecule has 3 aromatic rings. The predicted octanol–water partition coefficient (Wildman–Crippen LogP) is 2.58. The lowest BCUT2D eigenvalue weighted by molar-refractivity contribution is -0.948. The highest BCUT2D eigenvalue weighted by atomic mass is 16.5. The van der Waals surface area contributed by atoms with Gasteiger partial charge >= 0.3 is 11.6 Å². The van der Waals surface area contributed by atoms with E-state index in [2.05, 4.69) is 0 Å². The number of benzene rings is 2. The summed E-state index contributed by atoms with van der Waals surface area (Å²) in [6.07, 6.45) is 3.00. The van der Waals surface area contributed by atoms with Gasteiger partial charge in [-0.2, -0.15) is 0 Å². The van der Waals surface area contributed by atoms with Crippen molar-refractivity contribution >= 4 is 16.9 Å². The van der Waals surface area contributed by atoms with Crippen LogP contribution in [0.3, 0.4) is 0 Å². The molecule has 0 fully saturated rings. The van der Waals surface area contributed by atoms with Crippen molar-refractivity contribution < 1.29 is 23.6 Å². The smallest absolute Gasteiger partial charge is 0.365 e. The van der Waals surface area contributed by atoms with Gasteiger partial charge in [-0.05, 0) is 56.4 Å². The van der Waals surface area contributed by atoms with Crippen molar-refractivity contribution in [2.75, 3.05) is 6.73 Å². The first-order valence-corrected chi connectivity index (χ1v) is 11.3.